The van der Waals surface area contributed by atoms with Crippen molar-refractivity contribution in [2.24, 2.45) is 0 Å². The lowest BCUT2D eigenvalue weighted by Crippen LogP contribution is -2.27. The zero-order chi connectivity index (χ0) is 15.4. The summed E-state index contributed by atoms with van der Waals surface area (Å²) in [6.45, 7) is 9.32. The lowest BCUT2D eigenvalue weighted by atomic mass is 10.0. The van der Waals surface area contributed by atoms with Crippen molar-refractivity contribution < 1.29 is 0 Å². The van der Waals surface area contributed by atoms with E-state index in [0.29, 0.717) is 5.02 Å². The molecule has 0 aliphatic heterocycles. The van der Waals surface area contributed by atoms with Crippen LogP contribution >= 0.6 is 11.6 Å². The highest BCUT2D eigenvalue weighted by Crippen LogP contribution is 2.31. The van der Waals surface area contributed by atoms with E-state index in [1.807, 2.05) is 23.9 Å². The average molecular weight is 307 g/mol. The highest BCUT2D eigenvalue weighted by Gasteiger charge is 2.24. The molecule has 5 heteroatoms. The molecule has 0 radical (unpaired) electrons. The lowest BCUT2D eigenvalue weighted by Gasteiger charge is -2.23. The Hall–Kier alpha value is -1.39. The summed E-state index contributed by atoms with van der Waals surface area (Å²) in [7, 11) is 0. The minimum atomic E-state index is 0.0102. The Kier molecular flexibility index (Phi) is 5.37. The Morgan fingerprint density at radius 2 is 2.14 bits per heavy atom. The summed E-state index contributed by atoms with van der Waals surface area (Å²) in [5, 5.41) is 8.70. The van der Waals surface area contributed by atoms with Crippen molar-refractivity contribution in [2.75, 3.05) is 6.54 Å². The third kappa shape index (κ3) is 3.44. The highest BCUT2D eigenvalue weighted by molar-refractivity contribution is 6.31. The molecule has 1 atom stereocenters. The maximum Gasteiger partial charge on any atom is 0.0837 e. The molecule has 0 amide bonds. The molecule has 0 aliphatic rings. The fourth-order valence-electron chi connectivity index (χ4n) is 2.48. The van der Waals surface area contributed by atoms with Crippen LogP contribution in [0.4, 0.5) is 0 Å². The standard InChI is InChI=1S/C16H23ClN4/c1-5-8-19-15(13-7-6-9-18-12(13)4)16-14(17)10-20-21(16)11(2)3/h6-7,9-11,15,19H,5,8H2,1-4H3. The van der Waals surface area contributed by atoms with Crippen LogP contribution < -0.4 is 5.32 Å². The van der Waals surface area contributed by atoms with Crippen LogP contribution in [0.5, 0.6) is 0 Å². The molecule has 2 aromatic heterocycles. The number of nitrogens with zero attached hydrogens (tertiary/aromatic N) is 3. The topological polar surface area (TPSA) is 42.7 Å². The van der Waals surface area contributed by atoms with Crippen molar-refractivity contribution in [3.63, 3.8) is 0 Å². The van der Waals surface area contributed by atoms with Crippen LogP contribution in [0.3, 0.4) is 0 Å². The van der Waals surface area contributed by atoms with E-state index in [1.165, 1.54) is 0 Å². The summed E-state index contributed by atoms with van der Waals surface area (Å²) in [6, 6.07) is 4.34. The maximum absolute atomic E-state index is 6.42. The number of aromatic nitrogens is 3. The van der Waals surface area contributed by atoms with Crippen LogP contribution in [0, 0.1) is 6.92 Å². The predicted molar refractivity (Wildman–Crippen MR) is 86.7 cm³/mol. The van der Waals surface area contributed by atoms with Gasteiger partial charge in [0.05, 0.1) is 23.0 Å². The molecular weight excluding hydrogens is 284 g/mol. The molecule has 4 nitrogen and oxygen atoms in total. The van der Waals surface area contributed by atoms with Gasteiger partial charge in [-0.3, -0.25) is 9.67 Å². The number of halogens is 1. The molecule has 0 bridgehead atoms. The molecule has 0 saturated carbocycles. The molecule has 2 rings (SSSR count). The molecule has 2 aromatic rings. The first-order chi connectivity index (χ1) is 10.1. The molecular formula is C16H23ClN4. The first-order valence-corrected chi connectivity index (χ1v) is 7.81. The number of rotatable bonds is 6. The van der Waals surface area contributed by atoms with Crippen LogP contribution in [0.25, 0.3) is 0 Å². The normalized spacial score (nSPS) is 12.9. The lowest BCUT2D eigenvalue weighted by molar-refractivity contribution is 0.470. The monoisotopic (exact) mass is 306 g/mol. The Labute approximate surface area is 131 Å². The van der Waals surface area contributed by atoms with E-state index in [2.05, 4.69) is 42.2 Å². The Balaban J connectivity index is 2.51. The van der Waals surface area contributed by atoms with E-state index < -0.39 is 0 Å². The van der Waals surface area contributed by atoms with Crippen molar-refractivity contribution in [3.05, 3.63) is 46.5 Å². The highest BCUT2D eigenvalue weighted by atomic mass is 35.5. The summed E-state index contributed by atoms with van der Waals surface area (Å²) < 4.78 is 1.99. The van der Waals surface area contributed by atoms with Crippen LogP contribution in [0.15, 0.2) is 24.5 Å². The van der Waals surface area contributed by atoms with Crippen LogP contribution in [0.2, 0.25) is 5.02 Å². The van der Waals surface area contributed by atoms with Crippen molar-refractivity contribution in [2.45, 2.75) is 46.2 Å². The maximum atomic E-state index is 6.42. The minimum absolute atomic E-state index is 0.0102. The quantitative estimate of drug-likeness (QED) is 0.880. The predicted octanol–water partition coefficient (Wildman–Crippen LogP) is 3.91. The summed E-state index contributed by atoms with van der Waals surface area (Å²) in [4.78, 5) is 4.41. The first kappa shape index (κ1) is 16.0. The van der Waals surface area contributed by atoms with Gasteiger partial charge in [-0.25, -0.2) is 0 Å². The van der Waals surface area contributed by atoms with Crippen molar-refractivity contribution in [1.82, 2.24) is 20.1 Å². The summed E-state index contributed by atoms with van der Waals surface area (Å²) in [5.41, 5.74) is 3.17. The minimum Gasteiger partial charge on any atom is -0.305 e. The molecule has 21 heavy (non-hydrogen) atoms. The second-order valence-electron chi connectivity index (χ2n) is 5.48. The number of hydrogen-bond acceptors (Lipinski definition) is 3. The molecule has 0 saturated heterocycles. The molecule has 1 unspecified atom stereocenters. The zero-order valence-corrected chi connectivity index (χ0v) is 13.9. The first-order valence-electron chi connectivity index (χ1n) is 7.44. The molecule has 2 heterocycles. The van der Waals surface area contributed by atoms with Crippen LogP contribution in [-0.4, -0.2) is 21.3 Å². The van der Waals surface area contributed by atoms with Gasteiger partial charge in [-0.1, -0.05) is 24.6 Å². The van der Waals surface area contributed by atoms with E-state index in [4.69, 9.17) is 11.6 Å². The van der Waals surface area contributed by atoms with E-state index >= 15 is 0 Å². The summed E-state index contributed by atoms with van der Waals surface area (Å²) in [5.74, 6) is 0. The second kappa shape index (κ2) is 7.05. The van der Waals surface area contributed by atoms with Gasteiger partial charge in [0.25, 0.3) is 0 Å². The largest absolute Gasteiger partial charge is 0.305 e. The van der Waals surface area contributed by atoms with Gasteiger partial charge in [0.15, 0.2) is 0 Å². The SMILES string of the molecule is CCCNC(c1cccnc1C)c1c(Cl)cnn1C(C)C. The van der Waals surface area contributed by atoms with Gasteiger partial charge < -0.3 is 5.32 Å². The third-order valence-electron chi connectivity index (χ3n) is 3.51. The van der Waals surface area contributed by atoms with Gasteiger partial charge in [-0.2, -0.15) is 5.10 Å². The molecule has 114 valence electrons. The average Bonchev–Trinajstić information content (AvgIpc) is 2.83. The third-order valence-corrected chi connectivity index (χ3v) is 3.80. The summed E-state index contributed by atoms with van der Waals surface area (Å²) in [6.07, 6.45) is 4.60. The van der Waals surface area contributed by atoms with Crippen LogP contribution in [0.1, 0.15) is 56.2 Å². The van der Waals surface area contributed by atoms with Gasteiger partial charge in [-0.05, 0) is 45.4 Å². The zero-order valence-electron chi connectivity index (χ0n) is 13.1. The van der Waals surface area contributed by atoms with Gasteiger partial charge in [0.2, 0.25) is 0 Å². The Morgan fingerprint density at radius 3 is 2.76 bits per heavy atom. The van der Waals surface area contributed by atoms with E-state index in [1.54, 1.807) is 6.20 Å². The van der Waals surface area contributed by atoms with Gasteiger partial charge >= 0.3 is 0 Å². The number of aryl methyl sites for hydroxylation is 1. The molecule has 0 fully saturated rings. The van der Waals surface area contributed by atoms with Crippen LogP contribution in [-0.2, 0) is 0 Å². The van der Waals surface area contributed by atoms with Crippen molar-refractivity contribution in [1.29, 1.82) is 0 Å². The van der Waals surface area contributed by atoms with E-state index in [-0.39, 0.29) is 12.1 Å². The smallest absolute Gasteiger partial charge is 0.0837 e. The molecule has 1 N–H and O–H groups in total. The molecule has 0 spiro atoms. The summed E-state index contributed by atoms with van der Waals surface area (Å²) >= 11 is 6.42. The van der Waals surface area contributed by atoms with E-state index in [9.17, 15) is 0 Å². The second-order valence-corrected chi connectivity index (χ2v) is 5.89. The number of hydrogen-bond donors (Lipinski definition) is 1. The van der Waals surface area contributed by atoms with Crippen molar-refractivity contribution >= 4 is 11.6 Å². The number of nitrogens with one attached hydrogen (secondary N) is 1. The number of pyridine rings is 1. The van der Waals surface area contributed by atoms with Gasteiger partial charge in [0, 0.05) is 17.9 Å². The van der Waals surface area contributed by atoms with E-state index in [0.717, 1.165) is 29.9 Å². The Morgan fingerprint density at radius 1 is 1.38 bits per heavy atom. The fraction of sp³-hybridized carbons (Fsp3) is 0.500. The van der Waals surface area contributed by atoms with Crippen molar-refractivity contribution in [3.8, 4) is 0 Å². The molecule has 0 aliphatic carbocycles. The molecule has 0 aromatic carbocycles. The fourth-order valence-corrected chi connectivity index (χ4v) is 2.72. The van der Waals surface area contributed by atoms with Gasteiger partial charge in [0.1, 0.15) is 0 Å². The Bertz CT molecular complexity index is 592. The van der Waals surface area contributed by atoms with Gasteiger partial charge in [-0.15, -0.1) is 0 Å².